The average molecular weight is 563 g/mol. The van der Waals surface area contributed by atoms with Crippen molar-refractivity contribution < 1.29 is 19.1 Å². The number of nitrogens with one attached hydrogen (secondary N) is 2. The fourth-order valence-electron chi connectivity index (χ4n) is 5.79. The molecule has 1 unspecified atom stereocenters. The fourth-order valence-corrected chi connectivity index (χ4v) is 5.79. The Morgan fingerprint density at radius 1 is 0.732 bits per heavy atom. The first-order valence-electron chi connectivity index (χ1n) is 16.0. The van der Waals surface area contributed by atoms with Gasteiger partial charge in [-0.2, -0.15) is 0 Å². The first-order valence-corrected chi connectivity index (χ1v) is 16.0. The Kier molecular flexibility index (Phi) is 15.0. The molecule has 0 saturated heterocycles. The van der Waals surface area contributed by atoms with Gasteiger partial charge in [0.1, 0.15) is 6.61 Å². The van der Waals surface area contributed by atoms with E-state index < -0.39 is 0 Å². The van der Waals surface area contributed by atoms with E-state index in [1.54, 1.807) is 0 Å². The Hall–Kier alpha value is -3.15. The molecule has 0 aromatic heterocycles. The third-order valence-electron chi connectivity index (χ3n) is 8.05. The van der Waals surface area contributed by atoms with Crippen molar-refractivity contribution in [2.75, 3.05) is 18.5 Å². The van der Waals surface area contributed by atoms with E-state index in [0.29, 0.717) is 25.9 Å². The van der Waals surface area contributed by atoms with Crippen LogP contribution in [-0.2, 0) is 19.1 Å². The van der Waals surface area contributed by atoms with Gasteiger partial charge in [-0.25, -0.2) is 0 Å². The van der Waals surface area contributed by atoms with Crippen LogP contribution in [-0.4, -0.2) is 31.4 Å². The average Bonchev–Trinajstić information content (AvgIpc) is 3.29. The Balaban J connectivity index is 1.19. The number of carbonyl (C=O) groups excluding carboxylic acids is 3. The van der Waals surface area contributed by atoms with E-state index in [-0.39, 0.29) is 17.7 Å². The molecule has 1 aliphatic carbocycles. The van der Waals surface area contributed by atoms with Crippen LogP contribution in [0.1, 0.15) is 127 Å². The van der Waals surface area contributed by atoms with Crippen LogP contribution in [0.2, 0.25) is 0 Å². The molecular weight excluding hydrogens is 512 g/mol. The first-order chi connectivity index (χ1) is 20.1. The molecule has 0 spiro atoms. The van der Waals surface area contributed by atoms with Crippen molar-refractivity contribution >= 4 is 24.0 Å². The van der Waals surface area contributed by atoms with Crippen LogP contribution in [0.15, 0.2) is 42.5 Å². The molecule has 3 rings (SSSR count). The number of anilines is 1. The summed E-state index contributed by atoms with van der Waals surface area (Å²) in [6.07, 6.45) is 17.9. The highest BCUT2D eigenvalue weighted by atomic mass is 16.5. The Morgan fingerprint density at radius 3 is 1.90 bits per heavy atom. The normalized spacial score (nSPS) is 13.3. The van der Waals surface area contributed by atoms with Gasteiger partial charge in [0.25, 0.3) is 6.47 Å². The molecule has 6 heteroatoms. The predicted molar refractivity (Wildman–Crippen MR) is 167 cm³/mol. The molecule has 1 atom stereocenters. The fraction of sp³-hybridized carbons (Fsp3) is 0.571. The van der Waals surface area contributed by atoms with Crippen molar-refractivity contribution in [3.05, 3.63) is 53.6 Å². The number of benzene rings is 2. The van der Waals surface area contributed by atoms with E-state index in [9.17, 15) is 14.4 Å². The molecule has 0 heterocycles. The van der Waals surface area contributed by atoms with Crippen LogP contribution < -0.4 is 10.6 Å². The summed E-state index contributed by atoms with van der Waals surface area (Å²) < 4.78 is 5.12. The Bertz CT molecular complexity index is 1080. The van der Waals surface area contributed by atoms with Gasteiger partial charge in [-0.05, 0) is 53.6 Å². The molecule has 2 N–H and O–H groups in total. The summed E-state index contributed by atoms with van der Waals surface area (Å²) in [5.41, 5.74) is 5.35. The molecule has 0 radical (unpaired) electrons. The van der Waals surface area contributed by atoms with Crippen molar-refractivity contribution in [1.82, 2.24) is 5.32 Å². The SMILES string of the molecule is CCCNC(=O)CCCCCCCCCCCCCCCC(=O)Nc1ccc2c(c1)C(COC=O)c1ccccc1-2. The lowest BCUT2D eigenvalue weighted by molar-refractivity contribution is -0.129. The molecule has 1 aliphatic rings. The molecule has 0 aliphatic heterocycles. The molecule has 224 valence electrons. The zero-order valence-electron chi connectivity index (χ0n) is 25.1. The molecule has 6 nitrogen and oxygen atoms in total. The maximum atomic E-state index is 12.6. The van der Waals surface area contributed by atoms with Crippen LogP contribution in [0, 0.1) is 0 Å². The summed E-state index contributed by atoms with van der Waals surface area (Å²) >= 11 is 0. The number of ether oxygens (including phenoxy) is 1. The quantitative estimate of drug-likeness (QED) is 0.112. The van der Waals surface area contributed by atoms with Crippen LogP contribution >= 0.6 is 0 Å². The van der Waals surface area contributed by atoms with E-state index >= 15 is 0 Å². The summed E-state index contributed by atoms with van der Waals surface area (Å²) in [6, 6.07) is 14.2. The van der Waals surface area contributed by atoms with Crippen molar-refractivity contribution in [3.8, 4) is 11.1 Å². The lowest BCUT2D eigenvalue weighted by Gasteiger charge is -2.13. The zero-order chi connectivity index (χ0) is 29.1. The lowest BCUT2D eigenvalue weighted by Crippen LogP contribution is -2.23. The Morgan fingerprint density at radius 2 is 1.29 bits per heavy atom. The van der Waals surface area contributed by atoms with Gasteiger partial charge in [0.05, 0.1) is 0 Å². The van der Waals surface area contributed by atoms with E-state index in [4.69, 9.17) is 4.74 Å². The Labute approximate surface area is 247 Å². The third-order valence-corrected chi connectivity index (χ3v) is 8.05. The molecule has 2 amide bonds. The minimum absolute atomic E-state index is 0.0100. The largest absolute Gasteiger partial charge is 0.467 e. The zero-order valence-corrected chi connectivity index (χ0v) is 25.1. The summed E-state index contributed by atoms with van der Waals surface area (Å²) in [6.45, 7) is 3.67. The molecule has 2 aromatic rings. The van der Waals surface area contributed by atoms with Gasteiger partial charge in [0.15, 0.2) is 0 Å². The second-order valence-electron chi connectivity index (χ2n) is 11.4. The number of rotatable bonds is 22. The van der Waals surface area contributed by atoms with Gasteiger partial charge in [-0.3, -0.25) is 14.4 Å². The minimum atomic E-state index is -0.0100. The van der Waals surface area contributed by atoms with Gasteiger partial charge < -0.3 is 15.4 Å². The molecular formula is C35H50N2O4. The number of hydrogen-bond acceptors (Lipinski definition) is 4. The standard InChI is InChI=1S/C35H50N2O4/c1-2-24-36-34(39)20-14-12-10-8-6-4-3-5-7-9-11-13-15-21-35(40)37-28-22-23-31-29-18-16-17-19-30(29)33(26-41-27-38)32(31)25-28/h16-19,22-23,25,27,33H,2-15,20-21,24,26H2,1H3,(H,36,39)(H,37,40). The van der Waals surface area contributed by atoms with Crippen LogP contribution in [0.4, 0.5) is 5.69 Å². The summed E-state index contributed by atoms with van der Waals surface area (Å²) in [7, 11) is 0. The van der Waals surface area contributed by atoms with E-state index in [1.807, 2.05) is 24.3 Å². The number of carbonyl (C=O) groups is 3. The molecule has 2 aromatic carbocycles. The van der Waals surface area contributed by atoms with Crippen LogP contribution in [0.5, 0.6) is 0 Å². The van der Waals surface area contributed by atoms with Crippen molar-refractivity contribution in [2.24, 2.45) is 0 Å². The second-order valence-corrected chi connectivity index (χ2v) is 11.4. The third kappa shape index (κ3) is 11.3. The molecule has 41 heavy (non-hydrogen) atoms. The maximum absolute atomic E-state index is 12.6. The number of unbranched alkanes of at least 4 members (excludes halogenated alkanes) is 12. The van der Waals surface area contributed by atoms with Crippen molar-refractivity contribution in [3.63, 3.8) is 0 Å². The number of hydrogen-bond donors (Lipinski definition) is 2. The molecule has 0 saturated carbocycles. The lowest BCUT2D eigenvalue weighted by atomic mass is 9.97. The smallest absolute Gasteiger partial charge is 0.293 e. The summed E-state index contributed by atoms with van der Waals surface area (Å²) in [4.78, 5) is 35.0. The van der Waals surface area contributed by atoms with Crippen molar-refractivity contribution in [2.45, 2.75) is 116 Å². The number of fused-ring (bicyclic) bond motifs is 3. The summed E-state index contributed by atoms with van der Waals surface area (Å²) in [5.74, 6) is 0.250. The monoisotopic (exact) mass is 562 g/mol. The first kappa shape index (κ1) is 32.4. The highest BCUT2D eigenvalue weighted by Crippen LogP contribution is 2.45. The van der Waals surface area contributed by atoms with E-state index in [2.05, 4.69) is 35.8 Å². The predicted octanol–water partition coefficient (Wildman–Crippen LogP) is 8.29. The van der Waals surface area contributed by atoms with Crippen molar-refractivity contribution in [1.29, 1.82) is 0 Å². The minimum Gasteiger partial charge on any atom is -0.467 e. The highest BCUT2D eigenvalue weighted by molar-refractivity contribution is 5.92. The summed E-state index contributed by atoms with van der Waals surface area (Å²) in [5, 5.41) is 6.01. The van der Waals surface area contributed by atoms with Gasteiger partial charge in [0, 0.05) is 31.0 Å². The van der Waals surface area contributed by atoms with E-state index in [0.717, 1.165) is 66.6 Å². The van der Waals surface area contributed by atoms with Gasteiger partial charge in [0.2, 0.25) is 11.8 Å². The topological polar surface area (TPSA) is 84.5 Å². The van der Waals surface area contributed by atoms with Crippen LogP contribution in [0.3, 0.4) is 0 Å². The van der Waals surface area contributed by atoms with Crippen LogP contribution in [0.25, 0.3) is 11.1 Å². The van der Waals surface area contributed by atoms with Gasteiger partial charge in [-0.15, -0.1) is 0 Å². The molecule has 0 bridgehead atoms. The van der Waals surface area contributed by atoms with E-state index in [1.165, 1.54) is 57.8 Å². The second kappa shape index (κ2) is 19.1. The van der Waals surface area contributed by atoms with Gasteiger partial charge >= 0.3 is 0 Å². The van der Waals surface area contributed by atoms with Gasteiger partial charge in [-0.1, -0.05) is 108 Å². The molecule has 0 fully saturated rings. The number of amides is 2. The highest BCUT2D eigenvalue weighted by Gasteiger charge is 2.29. The maximum Gasteiger partial charge on any atom is 0.293 e.